The topological polar surface area (TPSA) is 91.0 Å². The highest BCUT2D eigenvalue weighted by Gasteiger charge is 2.31. The normalized spacial score (nSPS) is 22.0. The average molecular weight is 412 g/mol. The third-order valence-electron chi connectivity index (χ3n) is 5.43. The molecule has 160 valence electrons. The van der Waals surface area contributed by atoms with E-state index in [0.29, 0.717) is 19.3 Å². The molecule has 0 bridgehead atoms. The Morgan fingerprint density at radius 1 is 1.20 bits per heavy atom. The lowest BCUT2D eigenvalue weighted by molar-refractivity contribution is -0.121. The Bertz CT molecular complexity index is 821. The van der Waals surface area contributed by atoms with E-state index in [0.717, 1.165) is 37.3 Å². The molecule has 2 N–H and O–H groups in total. The van der Waals surface area contributed by atoms with Gasteiger partial charge >= 0.3 is 6.03 Å². The third-order valence-corrected chi connectivity index (χ3v) is 5.43. The van der Waals surface area contributed by atoms with Gasteiger partial charge in [0.2, 0.25) is 5.91 Å². The van der Waals surface area contributed by atoms with Crippen molar-refractivity contribution >= 4 is 29.6 Å². The first-order valence-electron chi connectivity index (χ1n) is 10.1. The number of carbonyl (C=O) groups is 3. The maximum atomic E-state index is 12.9. The summed E-state index contributed by atoms with van der Waals surface area (Å²) in [6.07, 6.45) is 5.89. The second-order valence-electron chi connectivity index (χ2n) is 7.37. The fourth-order valence-corrected chi connectivity index (χ4v) is 3.83. The van der Waals surface area contributed by atoms with Crippen LogP contribution in [0.5, 0.6) is 0 Å². The Morgan fingerprint density at radius 3 is 2.57 bits per heavy atom. The number of rotatable bonds is 7. The number of piperidine rings is 1. The van der Waals surface area contributed by atoms with Gasteiger partial charge in [0, 0.05) is 38.1 Å². The zero-order chi connectivity index (χ0) is 21.5. The number of ether oxygens (including phenoxy) is 1. The summed E-state index contributed by atoms with van der Waals surface area (Å²) in [5.41, 5.74) is 1.99. The number of anilines is 2. The van der Waals surface area contributed by atoms with Gasteiger partial charge in [0.15, 0.2) is 6.29 Å². The Morgan fingerprint density at radius 2 is 1.93 bits per heavy atom. The minimum absolute atomic E-state index is 0.0795. The highest BCUT2D eigenvalue weighted by molar-refractivity contribution is 6.00. The van der Waals surface area contributed by atoms with E-state index in [1.54, 1.807) is 12.0 Å². The lowest BCUT2D eigenvalue weighted by Crippen LogP contribution is -2.54. The highest BCUT2D eigenvalue weighted by atomic mass is 16.5. The standard InChI is InChI=1S/C22H28N4O4/c1-3-5-16(15-27)23-22(29)24-20-6-4-12-26(21(20)28)18-9-7-17(8-10-18)25-13-11-19(14-25)30-2/h3,5,7-10,15,19-20H,1,4,6,11-14H2,2H3,(H2,23,24,29)/b16-5+/t19?,20-/m1/s1. The monoisotopic (exact) mass is 412 g/mol. The molecule has 3 rings (SSSR count). The lowest BCUT2D eigenvalue weighted by Gasteiger charge is -2.33. The van der Waals surface area contributed by atoms with Crippen molar-refractivity contribution in [2.75, 3.05) is 36.5 Å². The summed E-state index contributed by atoms with van der Waals surface area (Å²) in [5.74, 6) is -0.162. The number of nitrogens with zero attached hydrogens (tertiary/aromatic N) is 2. The number of hydrogen-bond acceptors (Lipinski definition) is 5. The fourth-order valence-electron chi connectivity index (χ4n) is 3.83. The number of nitrogens with one attached hydrogen (secondary N) is 2. The molecule has 0 spiro atoms. The minimum atomic E-state index is -0.642. The summed E-state index contributed by atoms with van der Waals surface area (Å²) < 4.78 is 5.42. The van der Waals surface area contributed by atoms with Crippen molar-refractivity contribution in [2.45, 2.75) is 31.4 Å². The molecule has 1 aromatic carbocycles. The van der Waals surface area contributed by atoms with E-state index in [4.69, 9.17) is 4.74 Å². The predicted octanol–water partition coefficient (Wildman–Crippen LogP) is 1.98. The first kappa shape index (κ1) is 21.6. The van der Waals surface area contributed by atoms with Crippen molar-refractivity contribution < 1.29 is 19.1 Å². The van der Waals surface area contributed by atoms with Gasteiger partial charge in [-0.1, -0.05) is 12.7 Å². The van der Waals surface area contributed by atoms with Crippen LogP contribution in [0.2, 0.25) is 0 Å². The Labute approximate surface area is 176 Å². The molecule has 2 fully saturated rings. The average Bonchev–Trinajstić information content (AvgIpc) is 3.24. The van der Waals surface area contributed by atoms with Crippen molar-refractivity contribution in [3.8, 4) is 0 Å². The van der Waals surface area contributed by atoms with Crippen LogP contribution in [0.1, 0.15) is 19.3 Å². The van der Waals surface area contributed by atoms with Gasteiger partial charge in [0.25, 0.3) is 0 Å². The second kappa shape index (κ2) is 10.1. The van der Waals surface area contributed by atoms with Gasteiger partial charge in [-0.15, -0.1) is 0 Å². The molecular weight excluding hydrogens is 384 g/mol. The minimum Gasteiger partial charge on any atom is -0.380 e. The molecule has 8 heteroatoms. The number of benzene rings is 1. The maximum Gasteiger partial charge on any atom is 0.319 e. The predicted molar refractivity (Wildman–Crippen MR) is 115 cm³/mol. The number of methoxy groups -OCH3 is 1. The summed E-state index contributed by atoms with van der Waals surface area (Å²) >= 11 is 0. The molecule has 8 nitrogen and oxygen atoms in total. The van der Waals surface area contributed by atoms with Crippen LogP contribution in [-0.2, 0) is 14.3 Å². The summed E-state index contributed by atoms with van der Waals surface area (Å²) in [6, 6.07) is 6.67. The van der Waals surface area contributed by atoms with Gasteiger partial charge in [-0.3, -0.25) is 9.59 Å². The van der Waals surface area contributed by atoms with E-state index < -0.39 is 12.1 Å². The first-order chi connectivity index (χ1) is 14.5. The first-order valence-corrected chi connectivity index (χ1v) is 10.1. The van der Waals surface area contributed by atoms with Crippen molar-refractivity contribution in [1.82, 2.24) is 10.6 Å². The van der Waals surface area contributed by atoms with Crippen LogP contribution in [0.3, 0.4) is 0 Å². The summed E-state index contributed by atoms with van der Waals surface area (Å²) in [7, 11) is 1.74. The van der Waals surface area contributed by atoms with Crippen molar-refractivity contribution in [1.29, 1.82) is 0 Å². The fraction of sp³-hybridized carbons (Fsp3) is 0.409. The van der Waals surface area contributed by atoms with Gasteiger partial charge in [0.1, 0.15) is 6.04 Å². The molecule has 0 radical (unpaired) electrons. The molecule has 2 aliphatic heterocycles. The van der Waals surface area contributed by atoms with E-state index in [-0.39, 0.29) is 17.7 Å². The van der Waals surface area contributed by atoms with Gasteiger partial charge in [0.05, 0.1) is 11.8 Å². The van der Waals surface area contributed by atoms with Crippen LogP contribution >= 0.6 is 0 Å². The van der Waals surface area contributed by atoms with Crippen LogP contribution in [0.15, 0.2) is 48.7 Å². The summed E-state index contributed by atoms with van der Waals surface area (Å²) in [6.45, 7) is 5.90. The Balaban J connectivity index is 1.62. The third kappa shape index (κ3) is 5.07. The maximum absolute atomic E-state index is 12.9. The van der Waals surface area contributed by atoms with E-state index in [9.17, 15) is 14.4 Å². The molecule has 2 heterocycles. The smallest absolute Gasteiger partial charge is 0.319 e. The number of hydrogen-bond donors (Lipinski definition) is 2. The van der Waals surface area contributed by atoms with Gasteiger partial charge < -0.3 is 25.2 Å². The number of amides is 3. The number of urea groups is 1. The summed E-state index contributed by atoms with van der Waals surface area (Å²) in [5, 5.41) is 5.08. The highest BCUT2D eigenvalue weighted by Crippen LogP contribution is 2.27. The molecular formula is C22H28N4O4. The zero-order valence-electron chi connectivity index (χ0n) is 17.2. The molecule has 3 amide bonds. The van der Waals surface area contributed by atoms with Crippen molar-refractivity contribution in [3.63, 3.8) is 0 Å². The van der Waals surface area contributed by atoms with E-state index in [2.05, 4.69) is 22.1 Å². The number of allylic oxidation sites excluding steroid dienone is 3. The number of carbonyl (C=O) groups excluding carboxylic acids is 3. The molecule has 30 heavy (non-hydrogen) atoms. The second-order valence-corrected chi connectivity index (χ2v) is 7.37. The molecule has 0 saturated carbocycles. The van der Waals surface area contributed by atoms with Crippen LogP contribution < -0.4 is 20.4 Å². The van der Waals surface area contributed by atoms with Crippen LogP contribution in [-0.4, -0.2) is 57.1 Å². The molecule has 1 unspecified atom stereocenters. The molecule has 0 aliphatic carbocycles. The van der Waals surface area contributed by atoms with E-state index in [1.807, 2.05) is 24.3 Å². The van der Waals surface area contributed by atoms with Crippen LogP contribution in [0, 0.1) is 0 Å². The SMILES string of the molecule is C=C/C=C(\C=O)NC(=O)N[C@@H]1CCCN(c2ccc(N3CCC(OC)C3)cc2)C1=O. The van der Waals surface area contributed by atoms with Crippen molar-refractivity contribution in [2.24, 2.45) is 0 Å². The molecule has 1 aromatic rings. The molecule has 0 aromatic heterocycles. The Kier molecular flexibility index (Phi) is 7.24. The van der Waals surface area contributed by atoms with Crippen LogP contribution in [0.4, 0.5) is 16.2 Å². The number of aldehydes is 1. The Hall–Kier alpha value is -3.13. The quantitative estimate of drug-likeness (QED) is 0.406. The zero-order valence-corrected chi connectivity index (χ0v) is 17.2. The van der Waals surface area contributed by atoms with Crippen LogP contribution in [0.25, 0.3) is 0 Å². The largest absolute Gasteiger partial charge is 0.380 e. The van der Waals surface area contributed by atoms with Gasteiger partial charge in [-0.25, -0.2) is 4.79 Å². The van der Waals surface area contributed by atoms with Gasteiger partial charge in [-0.05, 0) is 49.6 Å². The van der Waals surface area contributed by atoms with E-state index in [1.165, 1.54) is 12.2 Å². The molecule has 2 aliphatic rings. The van der Waals surface area contributed by atoms with Gasteiger partial charge in [-0.2, -0.15) is 0 Å². The van der Waals surface area contributed by atoms with E-state index >= 15 is 0 Å². The molecule has 2 saturated heterocycles. The van der Waals surface area contributed by atoms with Crippen molar-refractivity contribution in [3.05, 3.63) is 48.7 Å². The molecule has 2 atom stereocenters. The lowest BCUT2D eigenvalue weighted by atomic mass is 10.0. The summed E-state index contributed by atoms with van der Waals surface area (Å²) in [4.78, 5) is 40.0.